The molecular formula is C20H22BrNO. The quantitative estimate of drug-likeness (QED) is 0.856. The van der Waals surface area contributed by atoms with E-state index in [4.69, 9.17) is 0 Å². The second kappa shape index (κ2) is 6.60. The molecule has 3 heteroatoms. The highest BCUT2D eigenvalue weighted by Crippen LogP contribution is 2.44. The van der Waals surface area contributed by atoms with Crippen LogP contribution in [0.4, 0.5) is 0 Å². The van der Waals surface area contributed by atoms with Crippen LogP contribution in [0.25, 0.3) is 10.6 Å². The van der Waals surface area contributed by atoms with Crippen LogP contribution in [0, 0.1) is 0 Å². The monoisotopic (exact) mass is 371 g/mol. The summed E-state index contributed by atoms with van der Waals surface area (Å²) in [6.07, 6.45) is 3.75. The van der Waals surface area contributed by atoms with Crippen LogP contribution < -0.4 is 0 Å². The van der Waals surface area contributed by atoms with Gasteiger partial charge in [-0.05, 0) is 61.8 Å². The number of hydrogen-bond acceptors (Lipinski definition) is 2. The number of halogens is 1. The van der Waals surface area contributed by atoms with Crippen molar-refractivity contribution in [2.24, 2.45) is 0 Å². The molecule has 0 bridgehead atoms. The Morgan fingerprint density at radius 1 is 1.00 bits per heavy atom. The summed E-state index contributed by atoms with van der Waals surface area (Å²) in [5.74, 6) is 0. The van der Waals surface area contributed by atoms with E-state index in [-0.39, 0.29) is 0 Å². The summed E-state index contributed by atoms with van der Waals surface area (Å²) in [4.78, 5) is 2.16. The van der Waals surface area contributed by atoms with Crippen LogP contribution in [0.15, 0.2) is 48.5 Å². The molecule has 2 aromatic carbocycles. The lowest BCUT2D eigenvalue weighted by atomic mass is 9.80. The van der Waals surface area contributed by atoms with Gasteiger partial charge in [0.2, 0.25) is 0 Å². The van der Waals surface area contributed by atoms with Gasteiger partial charge in [0.1, 0.15) is 5.60 Å². The first-order valence-electron chi connectivity index (χ1n) is 7.96. The highest BCUT2D eigenvalue weighted by molar-refractivity contribution is 9.15. The average Bonchev–Trinajstić information content (AvgIpc) is 2.63. The number of nitrogens with zero attached hydrogens (tertiary/aromatic N) is 1. The van der Waals surface area contributed by atoms with E-state index < -0.39 is 5.60 Å². The van der Waals surface area contributed by atoms with Crippen LogP contribution in [-0.4, -0.2) is 30.6 Å². The molecule has 0 spiro atoms. The first-order valence-corrected chi connectivity index (χ1v) is 8.75. The summed E-state index contributed by atoms with van der Waals surface area (Å²) in [6, 6.07) is 16.3. The number of fused-ring (bicyclic) bond motifs is 2. The lowest BCUT2D eigenvalue weighted by Crippen LogP contribution is -2.30. The Balaban J connectivity index is 2.14. The Morgan fingerprint density at radius 3 is 2.39 bits per heavy atom. The molecule has 0 saturated carbocycles. The van der Waals surface area contributed by atoms with E-state index in [0.717, 1.165) is 39.7 Å². The van der Waals surface area contributed by atoms with Crippen molar-refractivity contribution in [2.45, 2.75) is 18.4 Å². The highest BCUT2D eigenvalue weighted by atomic mass is 79.9. The SMILES string of the molecule is CN(C)CCC[C@]1(O)c2ccccc2C=C(Br)c2ccccc21. The fraction of sp³-hybridized carbons (Fsp3) is 0.300. The van der Waals surface area contributed by atoms with Gasteiger partial charge in [-0.2, -0.15) is 0 Å². The Bertz CT molecular complexity index is 738. The van der Waals surface area contributed by atoms with E-state index in [1.165, 1.54) is 0 Å². The smallest absolute Gasteiger partial charge is 0.116 e. The van der Waals surface area contributed by atoms with Crippen molar-refractivity contribution in [2.75, 3.05) is 20.6 Å². The first kappa shape index (κ1) is 16.4. The number of benzene rings is 2. The predicted octanol–water partition coefficient (Wildman–Crippen LogP) is 4.47. The summed E-state index contributed by atoms with van der Waals surface area (Å²) >= 11 is 3.69. The molecule has 0 saturated heterocycles. The molecule has 1 aliphatic rings. The van der Waals surface area contributed by atoms with Crippen LogP contribution in [0.5, 0.6) is 0 Å². The molecular weight excluding hydrogens is 350 g/mol. The molecule has 1 atom stereocenters. The van der Waals surface area contributed by atoms with Gasteiger partial charge in [0.05, 0.1) is 0 Å². The first-order chi connectivity index (χ1) is 11.0. The topological polar surface area (TPSA) is 23.5 Å². The lowest BCUT2D eigenvalue weighted by molar-refractivity contribution is 0.0663. The van der Waals surface area contributed by atoms with Gasteiger partial charge in [-0.1, -0.05) is 64.5 Å². The van der Waals surface area contributed by atoms with E-state index in [9.17, 15) is 5.11 Å². The second-order valence-electron chi connectivity index (χ2n) is 6.39. The van der Waals surface area contributed by atoms with E-state index in [2.05, 4.69) is 53.1 Å². The van der Waals surface area contributed by atoms with Gasteiger partial charge >= 0.3 is 0 Å². The Morgan fingerprint density at radius 2 is 1.65 bits per heavy atom. The summed E-state index contributed by atoms with van der Waals surface area (Å²) in [5.41, 5.74) is 3.14. The van der Waals surface area contributed by atoms with E-state index in [1.807, 2.05) is 36.4 Å². The fourth-order valence-electron chi connectivity index (χ4n) is 3.33. The number of aliphatic hydroxyl groups is 1. The molecule has 120 valence electrons. The molecule has 0 aromatic heterocycles. The predicted molar refractivity (Wildman–Crippen MR) is 100 cm³/mol. The maximum atomic E-state index is 11.7. The van der Waals surface area contributed by atoms with Crippen molar-refractivity contribution < 1.29 is 5.11 Å². The Hall–Kier alpha value is -1.42. The third-order valence-electron chi connectivity index (χ3n) is 4.46. The largest absolute Gasteiger partial charge is 0.380 e. The number of rotatable bonds is 4. The van der Waals surface area contributed by atoms with Gasteiger partial charge in [0, 0.05) is 4.48 Å². The van der Waals surface area contributed by atoms with Gasteiger partial charge in [-0.15, -0.1) is 0 Å². The molecule has 0 aliphatic heterocycles. The molecule has 1 aliphatic carbocycles. The Labute approximate surface area is 146 Å². The van der Waals surface area contributed by atoms with Gasteiger partial charge in [-0.3, -0.25) is 0 Å². The van der Waals surface area contributed by atoms with Crippen LogP contribution in [0.1, 0.15) is 35.1 Å². The minimum Gasteiger partial charge on any atom is -0.380 e. The van der Waals surface area contributed by atoms with Crippen molar-refractivity contribution in [3.8, 4) is 0 Å². The maximum absolute atomic E-state index is 11.7. The summed E-state index contributed by atoms with van der Waals surface area (Å²) < 4.78 is 1.02. The summed E-state index contributed by atoms with van der Waals surface area (Å²) in [7, 11) is 4.13. The number of hydrogen-bond donors (Lipinski definition) is 1. The van der Waals surface area contributed by atoms with Crippen molar-refractivity contribution in [3.63, 3.8) is 0 Å². The molecule has 0 amide bonds. The molecule has 3 rings (SSSR count). The molecule has 0 unspecified atom stereocenters. The standard InChI is InChI=1S/C20H22BrNO/c1-22(2)13-7-12-20(23)17-10-5-3-8-15(17)14-19(21)16-9-4-6-11-18(16)20/h3-6,8-11,14,23H,7,12-13H2,1-2H3/t20-/m0/s1. The zero-order valence-electron chi connectivity index (χ0n) is 13.6. The third kappa shape index (κ3) is 3.14. The van der Waals surface area contributed by atoms with Crippen molar-refractivity contribution in [1.82, 2.24) is 4.90 Å². The Kier molecular flexibility index (Phi) is 4.72. The third-order valence-corrected chi connectivity index (χ3v) is 5.12. The van der Waals surface area contributed by atoms with Crippen LogP contribution in [0.2, 0.25) is 0 Å². The van der Waals surface area contributed by atoms with Gasteiger partial charge in [-0.25, -0.2) is 0 Å². The highest BCUT2D eigenvalue weighted by Gasteiger charge is 2.36. The molecule has 2 aromatic rings. The van der Waals surface area contributed by atoms with Crippen molar-refractivity contribution >= 4 is 26.5 Å². The zero-order chi connectivity index (χ0) is 16.4. The molecule has 1 N–H and O–H groups in total. The molecule has 2 nitrogen and oxygen atoms in total. The van der Waals surface area contributed by atoms with Crippen LogP contribution in [-0.2, 0) is 5.60 Å². The molecule has 23 heavy (non-hydrogen) atoms. The van der Waals surface area contributed by atoms with Gasteiger partial charge < -0.3 is 10.0 Å². The average molecular weight is 372 g/mol. The van der Waals surface area contributed by atoms with Gasteiger partial charge in [0.15, 0.2) is 0 Å². The van der Waals surface area contributed by atoms with E-state index >= 15 is 0 Å². The fourth-order valence-corrected chi connectivity index (χ4v) is 3.92. The minimum atomic E-state index is -0.963. The summed E-state index contributed by atoms with van der Waals surface area (Å²) in [5, 5.41) is 11.7. The second-order valence-corrected chi connectivity index (χ2v) is 7.25. The normalized spacial score (nSPS) is 19.8. The molecule has 0 heterocycles. The molecule has 0 radical (unpaired) electrons. The van der Waals surface area contributed by atoms with Gasteiger partial charge in [0.25, 0.3) is 0 Å². The van der Waals surface area contributed by atoms with E-state index in [0.29, 0.717) is 6.42 Å². The minimum absolute atomic E-state index is 0.702. The van der Waals surface area contributed by atoms with Crippen LogP contribution >= 0.6 is 15.9 Å². The summed E-state index contributed by atoms with van der Waals surface area (Å²) in [6.45, 7) is 0.960. The molecule has 0 fully saturated rings. The van der Waals surface area contributed by atoms with Crippen LogP contribution in [0.3, 0.4) is 0 Å². The van der Waals surface area contributed by atoms with Crippen molar-refractivity contribution in [1.29, 1.82) is 0 Å². The van der Waals surface area contributed by atoms with E-state index in [1.54, 1.807) is 0 Å². The lowest BCUT2D eigenvalue weighted by Gasteiger charge is -2.31. The van der Waals surface area contributed by atoms with Crippen molar-refractivity contribution in [3.05, 3.63) is 70.8 Å². The maximum Gasteiger partial charge on any atom is 0.116 e. The zero-order valence-corrected chi connectivity index (χ0v) is 15.2.